The van der Waals surface area contributed by atoms with E-state index in [-0.39, 0.29) is 38.2 Å². The van der Waals surface area contributed by atoms with Gasteiger partial charge in [0.2, 0.25) is 0 Å². The Balaban J connectivity index is 4.73. The van der Waals surface area contributed by atoms with Gasteiger partial charge in [0, 0.05) is 6.42 Å². The van der Waals surface area contributed by atoms with Crippen LogP contribution < -0.4 is 0 Å². The number of rotatable bonds is 20. The first-order chi connectivity index (χ1) is 14.0. The molecule has 3 unspecified atom stereocenters. The van der Waals surface area contributed by atoms with Crippen LogP contribution in [0.5, 0.6) is 0 Å². The molecule has 0 aromatic carbocycles. The second-order valence-electron chi connectivity index (χ2n) is 5.51. The lowest BCUT2D eigenvalue weighted by molar-refractivity contribution is -0.434. The van der Waals surface area contributed by atoms with Crippen molar-refractivity contribution in [1.29, 1.82) is 0 Å². The Bertz CT molecular complexity index is 626. The molecule has 0 aliphatic heterocycles. The smallest absolute Gasteiger partial charge is 0.289 e. The SMILES string of the molecule is CC(CC(CCOSOOO)OSOOO)CC(CCOS(=O)(=O)O)OS(=O)(=O)O. The predicted octanol–water partition coefficient (Wildman–Crippen LogP) is 1.56. The van der Waals surface area contributed by atoms with Crippen molar-refractivity contribution in [3.8, 4) is 0 Å². The Kier molecular flexibility index (Phi) is 16.8. The molecule has 0 aliphatic carbocycles. The lowest BCUT2D eigenvalue weighted by Crippen LogP contribution is -2.25. The van der Waals surface area contributed by atoms with Crippen LogP contribution in [0.25, 0.3) is 0 Å². The van der Waals surface area contributed by atoms with Crippen LogP contribution in [0.4, 0.5) is 0 Å². The molecule has 20 heteroatoms. The highest BCUT2D eigenvalue weighted by Gasteiger charge is 2.24. The maximum Gasteiger partial charge on any atom is 0.397 e. The summed E-state index contributed by atoms with van der Waals surface area (Å²) >= 11 is 0.647. The Morgan fingerprint density at radius 2 is 1.40 bits per heavy atom. The third-order valence-corrected chi connectivity index (χ3v) is 4.95. The fourth-order valence-electron chi connectivity index (χ4n) is 2.19. The van der Waals surface area contributed by atoms with Crippen LogP contribution in [0.1, 0.15) is 32.6 Å². The molecule has 0 bridgehead atoms. The standard InChI is InChI=1S/C10H22O16S4/c1-8(6-9(21-28-26-24-12)2-4-19-27-25-23-11)7-10(22-30(16,17)18)3-5-20-29(13,14)15/h8-12H,2-7H2,1H3,(H,13,14,15)(H,16,17,18). The fourth-order valence-corrected chi connectivity index (χ4v) is 3.59. The van der Waals surface area contributed by atoms with E-state index in [1.54, 1.807) is 6.92 Å². The zero-order valence-electron chi connectivity index (χ0n) is 15.3. The van der Waals surface area contributed by atoms with E-state index in [9.17, 15) is 16.8 Å². The molecule has 4 N–H and O–H groups in total. The molecule has 182 valence electrons. The summed E-state index contributed by atoms with van der Waals surface area (Å²) < 4.78 is 87.4. The molecule has 0 heterocycles. The number of hydrogen-bond acceptors (Lipinski definition) is 16. The van der Waals surface area contributed by atoms with Gasteiger partial charge in [0.25, 0.3) is 0 Å². The number of hydrogen-bond donors (Lipinski definition) is 4. The van der Waals surface area contributed by atoms with Gasteiger partial charge < -0.3 is 0 Å². The zero-order chi connectivity index (χ0) is 23.0. The van der Waals surface area contributed by atoms with Crippen LogP contribution in [-0.4, -0.2) is 61.9 Å². The topological polar surface area (TPSA) is 223 Å². The van der Waals surface area contributed by atoms with Crippen LogP contribution in [0.2, 0.25) is 0 Å². The molecule has 0 radical (unpaired) electrons. The second-order valence-corrected chi connectivity index (χ2v) is 8.62. The first-order valence-electron chi connectivity index (χ1n) is 7.81. The van der Waals surface area contributed by atoms with E-state index in [0.29, 0.717) is 24.6 Å². The van der Waals surface area contributed by atoms with Gasteiger partial charge in [0.1, 0.15) is 0 Å². The molecule has 0 aromatic rings. The molecule has 3 atom stereocenters. The monoisotopic (exact) mass is 526 g/mol. The van der Waals surface area contributed by atoms with E-state index in [1.807, 2.05) is 0 Å². The van der Waals surface area contributed by atoms with Crippen molar-refractivity contribution in [3.05, 3.63) is 0 Å². The summed E-state index contributed by atoms with van der Waals surface area (Å²) in [6.07, 6.45) is -1.58. The summed E-state index contributed by atoms with van der Waals surface area (Å²) in [5.74, 6) is -0.326. The Morgan fingerprint density at radius 3 is 1.97 bits per heavy atom. The molecule has 30 heavy (non-hydrogen) atoms. The van der Waals surface area contributed by atoms with Gasteiger partial charge in [0.15, 0.2) is 24.6 Å². The normalized spacial score (nSPS) is 15.8. The van der Waals surface area contributed by atoms with Gasteiger partial charge >= 0.3 is 20.8 Å². The summed E-state index contributed by atoms with van der Waals surface area (Å²) in [6, 6.07) is 0. The highest BCUT2D eigenvalue weighted by atomic mass is 32.3. The average Bonchev–Trinajstić information content (AvgIpc) is 2.58. The summed E-state index contributed by atoms with van der Waals surface area (Å²) in [5.41, 5.74) is 0. The molecule has 0 amide bonds. The quantitative estimate of drug-likeness (QED) is 0.0580. The maximum atomic E-state index is 11.0. The van der Waals surface area contributed by atoms with E-state index in [4.69, 9.17) is 28.0 Å². The third-order valence-electron chi connectivity index (χ3n) is 3.12. The summed E-state index contributed by atoms with van der Waals surface area (Å²) in [5, 5.41) is 22.8. The zero-order valence-corrected chi connectivity index (χ0v) is 18.6. The van der Waals surface area contributed by atoms with Gasteiger partial charge in [-0.05, 0) is 25.2 Å². The van der Waals surface area contributed by atoms with Crippen LogP contribution in [0, 0.1) is 5.92 Å². The molecular weight excluding hydrogens is 504 g/mol. The molecular formula is C10H22O16S4. The van der Waals surface area contributed by atoms with E-state index in [1.165, 1.54) is 0 Å². The van der Waals surface area contributed by atoms with E-state index in [0.717, 1.165) is 0 Å². The average molecular weight is 527 g/mol. The lowest BCUT2D eigenvalue weighted by Gasteiger charge is -2.23. The van der Waals surface area contributed by atoms with E-state index in [2.05, 4.69) is 27.1 Å². The van der Waals surface area contributed by atoms with Gasteiger partial charge in [-0.15, -0.1) is 8.67 Å². The summed E-state index contributed by atoms with van der Waals surface area (Å²) in [7, 11) is -9.57. The highest BCUT2D eigenvalue weighted by Crippen LogP contribution is 2.24. The Hall–Kier alpha value is 0.120. The Morgan fingerprint density at radius 1 is 0.833 bits per heavy atom. The fraction of sp³-hybridized carbons (Fsp3) is 1.00. The van der Waals surface area contributed by atoms with Crippen molar-refractivity contribution in [2.75, 3.05) is 13.2 Å². The van der Waals surface area contributed by atoms with Gasteiger partial charge in [-0.2, -0.15) is 16.8 Å². The molecule has 16 nitrogen and oxygen atoms in total. The summed E-state index contributed by atoms with van der Waals surface area (Å²) in [4.78, 5) is 0. The molecule has 0 spiro atoms. The van der Waals surface area contributed by atoms with E-state index < -0.39 is 39.6 Å². The van der Waals surface area contributed by atoms with Crippen LogP contribution >= 0.6 is 24.6 Å². The van der Waals surface area contributed by atoms with E-state index >= 15 is 0 Å². The van der Waals surface area contributed by atoms with Crippen molar-refractivity contribution >= 4 is 45.4 Å². The minimum Gasteiger partial charge on any atom is -0.289 e. The van der Waals surface area contributed by atoms with Crippen molar-refractivity contribution in [3.63, 3.8) is 0 Å². The van der Waals surface area contributed by atoms with Gasteiger partial charge in [0.05, 0.1) is 25.4 Å². The highest BCUT2D eigenvalue weighted by molar-refractivity contribution is 7.90. The largest absolute Gasteiger partial charge is 0.397 e. The minimum absolute atomic E-state index is 0.00752. The van der Waals surface area contributed by atoms with Crippen LogP contribution in [-0.2, 0) is 56.3 Å². The Labute approximate surface area is 181 Å². The predicted molar refractivity (Wildman–Crippen MR) is 97.2 cm³/mol. The molecule has 0 aromatic heterocycles. The van der Waals surface area contributed by atoms with Crippen molar-refractivity contribution in [2.24, 2.45) is 5.92 Å². The molecule has 0 saturated heterocycles. The molecule has 0 rings (SSSR count). The van der Waals surface area contributed by atoms with Gasteiger partial charge in [-0.3, -0.25) is 17.5 Å². The minimum atomic E-state index is -4.84. The van der Waals surface area contributed by atoms with Crippen molar-refractivity contribution in [2.45, 2.75) is 44.8 Å². The molecule has 0 aliphatic rings. The molecule has 0 saturated carbocycles. The van der Waals surface area contributed by atoms with Crippen LogP contribution in [0.3, 0.4) is 0 Å². The molecule has 0 fully saturated rings. The maximum absolute atomic E-state index is 11.0. The lowest BCUT2D eigenvalue weighted by atomic mass is 9.95. The van der Waals surface area contributed by atoms with Crippen molar-refractivity contribution < 1.29 is 71.9 Å². The first-order valence-corrected chi connectivity index (χ1v) is 11.9. The van der Waals surface area contributed by atoms with Gasteiger partial charge in [-0.1, -0.05) is 17.0 Å². The van der Waals surface area contributed by atoms with Crippen LogP contribution in [0.15, 0.2) is 0 Å². The second kappa shape index (κ2) is 16.7. The summed E-state index contributed by atoms with van der Waals surface area (Å²) in [6.45, 7) is 1.12. The van der Waals surface area contributed by atoms with Gasteiger partial charge in [-0.25, -0.2) is 18.9 Å². The van der Waals surface area contributed by atoms with Crippen molar-refractivity contribution in [1.82, 2.24) is 0 Å². The first kappa shape index (κ1) is 30.1. The third kappa shape index (κ3) is 20.0.